The second-order valence-electron chi connectivity index (χ2n) is 4.69. The van der Waals surface area contributed by atoms with Crippen molar-refractivity contribution in [2.24, 2.45) is 5.92 Å². The molecule has 0 spiro atoms. The summed E-state index contributed by atoms with van der Waals surface area (Å²) >= 11 is 0. The van der Waals surface area contributed by atoms with E-state index in [-0.39, 0.29) is 17.5 Å². The van der Waals surface area contributed by atoms with Crippen molar-refractivity contribution in [3.8, 4) is 5.75 Å². The molecular formula is C13H18N2O4. The summed E-state index contributed by atoms with van der Waals surface area (Å²) in [4.78, 5) is 10.5. The van der Waals surface area contributed by atoms with Gasteiger partial charge < -0.3 is 14.8 Å². The van der Waals surface area contributed by atoms with Crippen LogP contribution in [-0.4, -0.2) is 31.8 Å². The van der Waals surface area contributed by atoms with E-state index in [1.54, 1.807) is 19.2 Å². The summed E-state index contributed by atoms with van der Waals surface area (Å²) in [5.41, 5.74) is 0.695. The molecule has 0 aliphatic heterocycles. The average molecular weight is 266 g/mol. The van der Waals surface area contributed by atoms with E-state index in [2.05, 4.69) is 5.32 Å². The van der Waals surface area contributed by atoms with Gasteiger partial charge in [-0.1, -0.05) is 0 Å². The summed E-state index contributed by atoms with van der Waals surface area (Å²) < 4.78 is 10.2. The molecule has 0 amide bonds. The zero-order valence-corrected chi connectivity index (χ0v) is 11.1. The Labute approximate surface area is 111 Å². The Hall–Kier alpha value is -1.82. The maximum Gasteiger partial charge on any atom is 0.312 e. The third-order valence-corrected chi connectivity index (χ3v) is 3.26. The first-order chi connectivity index (χ1) is 9.15. The highest BCUT2D eigenvalue weighted by Crippen LogP contribution is 2.36. The quantitative estimate of drug-likeness (QED) is 0.606. The second-order valence-corrected chi connectivity index (χ2v) is 4.69. The van der Waals surface area contributed by atoms with Crippen molar-refractivity contribution in [1.29, 1.82) is 0 Å². The second kappa shape index (κ2) is 5.88. The predicted molar refractivity (Wildman–Crippen MR) is 71.7 cm³/mol. The van der Waals surface area contributed by atoms with Crippen LogP contribution in [0.2, 0.25) is 0 Å². The zero-order chi connectivity index (χ0) is 13.8. The van der Waals surface area contributed by atoms with Gasteiger partial charge in [0.25, 0.3) is 0 Å². The van der Waals surface area contributed by atoms with Crippen molar-refractivity contribution in [2.45, 2.75) is 18.9 Å². The molecule has 1 atom stereocenters. The highest BCUT2D eigenvalue weighted by molar-refractivity contribution is 5.59. The van der Waals surface area contributed by atoms with Gasteiger partial charge in [0.15, 0.2) is 5.75 Å². The Bertz CT molecular complexity index is 460. The number of benzene rings is 1. The molecule has 1 fully saturated rings. The largest absolute Gasteiger partial charge is 0.490 e. The lowest BCUT2D eigenvalue weighted by Gasteiger charge is -2.18. The molecule has 2 rings (SSSR count). The summed E-state index contributed by atoms with van der Waals surface area (Å²) in [5.74, 6) is 0.867. The molecule has 1 aliphatic carbocycles. The van der Waals surface area contributed by atoms with Crippen LogP contribution in [0.5, 0.6) is 5.75 Å². The molecule has 1 aromatic rings. The van der Waals surface area contributed by atoms with E-state index in [4.69, 9.17) is 9.47 Å². The van der Waals surface area contributed by atoms with Gasteiger partial charge in [-0.3, -0.25) is 10.1 Å². The third-order valence-electron chi connectivity index (χ3n) is 3.26. The molecule has 104 valence electrons. The molecule has 6 heteroatoms. The van der Waals surface area contributed by atoms with Gasteiger partial charge in [-0.05, 0) is 30.9 Å². The number of methoxy groups -OCH3 is 2. The number of ether oxygens (including phenoxy) is 2. The number of nitrogens with zero attached hydrogens (tertiary/aromatic N) is 1. The first-order valence-corrected chi connectivity index (χ1v) is 6.23. The van der Waals surface area contributed by atoms with Gasteiger partial charge in [-0.2, -0.15) is 0 Å². The standard InChI is InChI=1S/C13H18N2O4/c1-18-8-11(9-3-4-9)14-10-5-6-13(19-2)12(7-10)15(16)17/h5-7,9,11,14H,3-4,8H2,1-2H3. The van der Waals surface area contributed by atoms with Gasteiger partial charge in [-0.15, -0.1) is 0 Å². The van der Waals surface area contributed by atoms with Gasteiger partial charge in [0, 0.05) is 18.9 Å². The maximum absolute atomic E-state index is 11.0. The number of nitro groups is 1. The van der Waals surface area contributed by atoms with Crippen LogP contribution >= 0.6 is 0 Å². The molecule has 1 aliphatic rings. The highest BCUT2D eigenvalue weighted by Gasteiger charge is 2.31. The number of hydrogen-bond donors (Lipinski definition) is 1. The summed E-state index contributed by atoms with van der Waals surface area (Å²) in [6, 6.07) is 5.11. The number of nitrogens with one attached hydrogen (secondary N) is 1. The van der Waals surface area contributed by atoms with Crippen LogP contribution in [0.3, 0.4) is 0 Å². The van der Waals surface area contributed by atoms with E-state index in [0.29, 0.717) is 12.5 Å². The normalized spacial score (nSPS) is 15.9. The Kier molecular flexibility index (Phi) is 4.21. The van der Waals surface area contributed by atoms with E-state index in [9.17, 15) is 10.1 Å². The average Bonchev–Trinajstić information content (AvgIpc) is 3.22. The van der Waals surface area contributed by atoms with Crippen molar-refractivity contribution in [2.75, 3.05) is 26.1 Å². The summed E-state index contributed by atoms with van der Waals surface area (Å²) in [7, 11) is 3.08. The number of anilines is 1. The van der Waals surface area contributed by atoms with Crippen molar-refractivity contribution >= 4 is 11.4 Å². The smallest absolute Gasteiger partial charge is 0.312 e. The van der Waals surface area contributed by atoms with Gasteiger partial charge in [0.05, 0.1) is 24.7 Å². The van der Waals surface area contributed by atoms with Gasteiger partial charge in [-0.25, -0.2) is 0 Å². The van der Waals surface area contributed by atoms with Crippen LogP contribution < -0.4 is 10.1 Å². The molecule has 0 aromatic heterocycles. The topological polar surface area (TPSA) is 73.6 Å². The highest BCUT2D eigenvalue weighted by atomic mass is 16.6. The minimum Gasteiger partial charge on any atom is -0.490 e. The molecule has 0 heterocycles. The molecule has 19 heavy (non-hydrogen) atoms. The monoisotopic (exact) mass is 266 g/mol. The van der Waals surface area contributed by atoms with Crippen LogP contribution in [0.15, 0.2) is 18.2 Å². The lowest BCUT2D eigenvalue weighted by Crippen LogP contribution is -2.27. The number of nitro benzene ring substituents is 1. The van der Waals surface area contributed by atoms with Crippen LogP contribution in [0.1, 0.15) is 12.8 Å². The molecule has 0 bridgehead atoms. The Morgan fingerprint density at radius 3 is 2.74 bits per heavy atom. The predicted octanol–water partition coefficient (Wildman–Crippen LogP) is 2.44. The molecule has 1 N–H and O–H groups in total. The van der Waals surface area contributed by atoms with Gasteiger partial charge in [0.1, 0.15) is 0 Å². The van der Waals surface area contributed by atoms with Crippen LogP contribution in [0, 0.1) is 16.0 Å². The molecule has 1 saturated carbocycles. The molecule has 1 aromatic carbocycles. The van der Waals surface area contributed by atoms with Crippen LogP contribution in [0.25, 0.3) is 0 Å². The van der Waals surface area contributed by atoms with E-state index in [1.807, 2.05) is 0 Å². The lowest BCUT2D eigenvalue weighted by molar-refractivity contribution is -0.385. The van der Waals surface area contributed by atoms with Crippen molar-refractivity contribution in [1.82, 2.24) is 0 Å². The third kappa shape index (κ3) is 3.35. The molecule has 0 radical (unpaired) electrons. The van der Waals surface area contributed by atoms with Crippen molar-refractivity contribution in [3.63, 3.8) is 0 Å². The fourth-order valence-corrected chi connectivity index (χ4v) is 2.11. The summed E-state index contributed by atoms with van der Waals surface area (Å²) in [6.45, 7) is 0.602. The zero-order valence-electron chi connectivity index (χ0n) is 11.1. The molecular weight excluding hydrogens is 248 g/mol. The fourth-order valence-electron chi connectivity index (χ4n) is 2.11. The minimum atomic E-state index is -0.438. The minimum absolute atomic E-state index is 0.0283. The first kappa shape index (κ1) is 13.6. The number of rotatable bonds is 7. The molecule has 0 saturated heterocycles. The van der Waals surface area contributed by atoms with Crippen LogP contribution in [-0.2, 0) is 4.74 Å². The van der Waals surface area contributed by atoms with E-state index in [0.717, 1.165) is 5.69 Å². The van der Waals surface area contributed by atoms with E-state index in [1.165, 1.54) is 26.0 Å². The Balaban J connectivity index is 2.15. The molecule has 6 nitrogen and oxygen atoms in total. The SMILES string of the molecule is COCC(Nc1ccc(OC)c([N+](=O)[O-])c1)C1CC1. The molecule has 1 unspecified atom stereocenters. The van der Waals surface area contributed by atoms with E-state index < -0.39 is 4.92 Å². The van der Waals surface area contributed by atoms with Gasteiger partial charge in [0.2, 0.25) is 0 Å². The van der Waals surface area contributed by atoms with Crippen LogP contribution in [0.4, 0.5) is 11.4 Å². The Morgan fingerprint density at radius 1 is 1.47 bits per heavy atom. The van der Waals surface area contributed by atoms with Gasteiger partial charge >= 0.3 is 5.69 Å². The Morgan fingerprint density at radius 2 is 2.21 bits per heavy atom. The maximum atomic E-state index is 11.0. The lowest BCUT2D eigenvalue weighted by atomic mass is 10.1. The summed E-state index contributed by atoms with van der Waals surface area (Å²) in [6.07, 6.45) is 2.36. The van der Waals surface area contributed by atoms with Crippen molar-refractivity contribution < 1.29 is 14.4 Å². The summed E-state index contributed by atoms with van der Waals surface area (Å²) in [5, 5.41) is 14.3. The van der Waals surface area contributed by atoms with E-state index >= 15 is 0 Å². The number of hydrogen-bond acceptors (Lipinski definition) is 5. The first-order valence-electron chi connectivity index (χ1n) is 6.23. The fraction of sp³-hybridized carbons (Fsp3) is 0.538. The van der Waals surface area contributed by atoms with Crippen molar-refractivity contribution in [3.05, 3.63) is 28.3 Å².